The van der Waals surface area contributed by atoms with E-state index in [2.05, 4.69) is 36.5 Å². The van der Waals surface area contributed by atoms with Crippen molar-refractivity contribution in [3.8, 4) is 5.75 Å². The number of amides is 2. The molecule has 1 heterocycles. The summed E-state index contributed by atoms with van der Waals surface area (Å²) in [7, 11) is 1.62. The third kappa shape index (κ3) is 3.99. The molecule has 0 radical (unpaired) electrons. The first-order chi connectivity index (χ1) is 12.5. The molecule has 1 aromatic heterocycles. The van der Waals surface area contributed by atoms with Crippen molar-refractivity contribution in [1.82, 2.24) is 20.6 Å². The van der Waals surface area contributed by atoms with Crippen molar-refractivity contribution in [3.05, 3.63) is 58.3 Å². The monoisotopic (exact) mass is 416 g/mol. The van der Waals surface area contributed by atoms with E-state index in [1.807, 2.05) is 56.3 Å². The van der Waals surface area contributed by atoms with Crippen molar-refractivity contribution in [2.45, 2.75) is 25.9 Å². The highest BCUT2D eigenvalue weighted by Gasteiger charge is 2.16. The van der Waals surface area contributed by atoms with E-state index in [-0.39, 0.29) is 18.1 Å². The molecule has 2 amide bonds. The molecule has 0 aliphatic rings. The minimum Gasteiger partial charge on any atom is -0.496 e. The van der Waals surface area contributed by atoms with Crippen molar-refractivity contribution in [1.29, 1.82) is 0 Å². The van der Waals surface area contributed by atoms with E-state index in [1.54, 1.807) is 7.11 Å². The Morgan fingerprint density at radius 1 is 1.15 bits per heavy atom. The van der Waals surface area contributed by atoms with Crippen molar-refractivity contribution in [2.24, 2.45) is 0 Å². The number of para-hydroxylation sites is 2. The smallest absolute Gasteiger partial charge is 0.315 e. The maximum atomic E-state index is 12.3. The number of methoxy groups -OCH3 is 1. The summed E-state index contributed by atoms with van der Waals surface area (Å²) in [6, 6.07) is 12.9. The standard InChI is InChI=1S/C19H21BrN4O2/c1-11(13-8-9-17(26-3)14(20)10-13)21-19(25)22-12(2)18-23-15-6-4-5-7-16(15)24-18/h4-12H,1-3H3,(H,23,24)(H2,21,22,25)/t11-,12+/m1/s1. The van der Waals surface area contributed by atoms with E-state index < -0.39 is 0 Å². The van der Waals surface area contributed by atoms with Crippen LogP contribution in [0.2, 0.25) is 0 Å². The molecule has 7 heteroatoms. The molecule has 0 saturated carbocycles. The minimum atomic E-state index is -0.252. The van der Waals surface area contributed by atoms with E-state index in [1.165, 1.54) is 0 Å². The largest absolute Gasteiger partial charge is 0.496 e. The van der Waals surface area contributed by atoms with Crippen LogP contribution >= 0.6 is 15.9 Å². The minimum absolute atomic E-state index is 0.153. The molecule has 3 aromatic rings. The second kappa shape index (κ2) is 7.78. The SMILES string of the molecule is COc1ccc([C@@H](C)NC(=O)N[C@@H](C)c2nc3ccccc3[nH]2)cc1Br. The van der Waals surface area contributed by atoms with Gasteiger partial charge in [0, 0.05) is 0 Å². The number of imidazole rings is 1. The Balaban J connectivity index is 1.63. The number of aromatic nitrogens is 2. The van der Waals surface area contributed by atoms with Gasteiger partial charge in [0.15, 0.2) is 0 Å². The fraction of sp³-hybridized carbons (Fsp3) is 0.263. The Hall–Kier alpha value is -2.54. The number of H-pyrrole nitrogens is 1. The van der Waals surface area contributed by atoms with Crippen molar-refractivity contribution >= 4 is 33.0 Å². The number of carbonyl (C=O) groups is 1. The maximum Gasteiger partial charge on any atom is 0.315 e. The van der Waals surface area contributed by atoms with Crippen LogP contribution in [0.25, 0.3) is 11.0 Å². The first kappa shape index (κ1) is 18.3. The third-order valence-corrected chi connectivity index (χ3v) is 4.81. The molecular weight excluding hydrogens is 396 g/mol. The van der Waals surface area contributed by atoms with Gasteiger partial charge in [-0.05, 0) is 59.6 Å². The molecular formula is C19H21BrN4O2. The van der Waals surface area contributed by atoms with Crippen LogP contribution in [0.4, 0.5) is 4.79 Å². The van der Waals surface area contributed by atoms with Gasteiger partial charge in [0.05, 0.1) is 34.7 Å². The summed E-state index contributed by atoms with van der Waals surface area (Å²) in [4.78, 5) is 20.1. The normalized spacial score (nSPS) is 13.2. The van der Waals surface area contributed by atoms with Crippen LogP contribution in [0.5, 0.6) is 5.75 Å². The molecule has 0 fully saturated rings. The van der Waals surface area contributed by atoms with Gasteiger partial charge in [0.1, 0.15) is 11.6 Å². The molecule has 3 N–H and O–H groups in total. The predicted octanol–water partition coefficient (Wildman–Crippen LogP) is 4.46. The van der Waals surface area contributed by atoms with E-state index in [4.69, 9.17) is 4.74 Å². The number of fused-ring (bicyclic) bond motifs is 1. The predicted molar refractivity (Wildman–Crippen MR) is 105 cm³/mol. The van der Waals surface area contributed by atoms with Crippen LogP contribution in [0.1, 0.15) is 37.3 Å². The first-order valence-corrected chi connectivity index (χ1v) is 9.12. The fourth-order valence-electron chi connectivity index (χ4n) is 2.72. The lowest BCUT2D eigenvalue weighted by Crippen LogP contribution is -2.38. The Kier molecular flexibility index (Phi) is 5.46. The Morgan fingerprint density at radius 2 is 1.88 bits per heavy atom. The highest BCUT2D eigenvalue weighted by Crippen LogP contribution is 2.28. The number of carbonyl (C=O) groups excluding carboxylic acids is 1. The zero-order chi connectivity index (χ0) is 18.7. The number of benzene rings is 2. The van der Waals surface area contributed by atoms with Crippen molar-refractivity contribution < 1.29 is 9.53 Å². The Morgan fingerprint density at radius 3 is 2.58 bits per heavy atom. The summed E-state index contributed by atoms with van der Waals surface area (Å²) in [5.41, 5.74) is 2.81. The third-order valence-electron chi connectivity index (χ3n) is 4.19. The van der Waals surface area contributed by atoms with Crippen LogP contribution in [-0.4, -0.2) is 23.1 Å². The maximum absolute atomic E-state index is 12.3. The Bertz CT molecular complexity index is 892. The topological polar surface area (TPSA) is 79.0 Å². The van der Waals surface area contributed by atoms with Gasteiger partial charge in [0.2, 0.25) is 0 Å². The van der Waals surface area contributed by atoms with Crippen molar-refractivity contribution in [2.75, 3.05) is 7.11 Å². The zero-order valence-corrected chi connectivity index (χ0v) is 16.4. The number of rotatable bonds is 5. The molecule has 0 aliphatic carbocycles. The van der Waals surface area contributed by atoms with Gasteiger partial charge >= 0.3 is 6.03 Å². The van der Waals surface area contributed by atoms with Gasteiger partial charge in [0.25, 0.3) is 0 Å². The first-order valence-electron chi connectivity index (χ1n) is 8.33. The molecule has 3 rings (SSSR count). The number of urea groups is 1. The lowest BCUT2D eigenvalue weighted by atomic mass is 10.1. The number of hydrogen-bond acceptors (Lipinski definition) is 3. The van der Waals surface area contributed by atoms with Gasteiger partial charge in [-0.25, -0.2) is 9.78 Å². The summed E-state index contributed by atoms with van der Waals surface area (Å²) < 4.78 is 6.08. The molecule has 2 aromatic carbocycles. The summed E-state index contributed by atoms with van der Waals surface area (Å²) in [6.45, 7) is 3.83. The van der Waals surface area contributed by atoms with Crippen LogP contribution in [0.15, 0.2) is 46.9 Å². The Labute approximate surface area is 160 Å². The van der Waals surface area contributed by atoms with Gasteiger partial charge in [-0.3, -0.25) is 0 Å². The van der Waals surface area contributed by atoms with E-state index in [9.17, 15) is 4.79 Å². The molecule has 26 heavy (non-hydrogen) atoms. The van der Waals surface area contributed by atoms with Gasteiger partial charge in [-0.1, -0.05) is 18.2 Å². The number of aromatic amines is 1. The molecule has 2 atom stereocenters. The van der Waals surface area contributed by atoms with E-state index in [0.29, 0.717) is 0 Å². The second-order valence-electron chi connectivity index (χ2n) is 6.09. The molecule has 0 spiro atoms. The van der Waals surface area contributed by atoms with Gasteiger partial charge < -0.3 is 20.4 Å². The highest BCUT2D eigenvalue weighted by molar-refractivity contribution is 9.10. The van der Waals surface area contributed by atoms with Gasteiger partial charge in [-0.15, -0.1) is 0 Å². The number of hydrogen-bond donors (Lipinski definition) is 3. The van der Waals surface area contributed by atoms with Crippen LogP contribution in [0.3, 0.4) is 0 Å². The summed E-state index contributed by atoms with van der Waals surface area (Å²) in [5.74, 6) is 1.48. The van der Waals surface area contributed by atoms with Crippen LogP contribution < -0.4 is 15.4 Å². The lowest BCUT2D eigenvalue weighted by molar-refractivity contribution is 0.234. The molecule has 6 nitrogen and oxygen atoms in total. The highest BCUT2D eigenvalue weighted by atomic mass is 79.9. The number of halogens is 1. The van der Waals surface area contributed by atoms with Crippen LogP contribution in [0, 0.1) is 0 Å². The number of ether oxygens (including phenoxy) is 1. The number of nitrogens with one attached hydrogen (secondary N) is 3. The molecule has 0 aliphatic heterocycles. The number of nitrogens with zero attached hydrogens (tertiary/aromatic N) is 1. The zero-order valence-electron chi connectivity index (χ0n) is 14.8. The summed E-state index contributed by atoms with van der Waals surface area (Å²) >= 11 is 3.46. The lowest BCUT2D eigenvalue weighted by Gasteiger charge is -2.18. The fourth-order valence-corrected chi connectivity index (χ4v) is 3.27. The molecule has 0 bridgehead atoms. The summed E-state index contributed by atoms with van der Waals surface area (Å²) in [6.07, 6.45) is 0. The molecule has 0 saturated heterocycles. The quantitative estimate of drug-likeness (QED) is 0.574. The second-order valence-corrected chi connectivity index (χ2v) is 6.95. The molecule has 0 unspecified atom stereocenters. The van der Waals surface area contributed by atoms with E-state index >= 15 is 0 Å². The van der Waals surface area contributed by atoms with Crippen LogP contribution in [-0.2, 0) is 0 Å². The summed E-state index contributed by atoms with van der Waals surface area (Å²) in [5, 5.41) is 5.86. The van der Waals surface area contributed by atoms with Crippen molar-refractivity contribution in [3.63, 3.8) is 0 Å². The average molecular weight is 417 g/mol. The molecule has 136 valence electrons. The van der Waals surface area contributed by atoms with E-state index in [0.717, 1.165) is 32.6 Å². The van der Waals surface area contributed by atoms with Gasteiger partial charge in [-0.2, -0.15) is 0 Å². The average Bonchev–Trinajstić information content (AvgIpc) is 3.05.